The predicted molar refractivity (Wildman–Crippen MR) is 76.7 cm³/mol. The monoisotopic (exact) mass is 287 g/mol. The highest BCUT2D eigenvalue weighted by Gasteiger charge is 2.30. The number of hydrogen-bond acceptors (Lipinski definition) is 1. The summed E-state index contributed by atoms with van der Waals surface area (Å²) in [6, 6.07) is 5.91. The largest absolute Gasteiger partial charge is 0.416 e. The number of hydrogen-bond donors (Lipinski definition) is 1. The summed E-state index contributed by atoms with van der Waals surface area (Å²) in [5, 5.41) is 3.41. The van der Waals surface area contributed by atoms with Crippen LogP contribution >= 0.6 is 0 Å². The molecule has 1 aromatic rings. The van der Waals surface area contributed by atoms with Gasteiger partial charge >= 0.3 is 6.18 Å². The second kappa shape index (κ2) is 7.67. The van der Waals surface area contributed by atoms with E-state index in [-0.39, 0.29) is 6.04 Å². The zero-order valence-corrected chi connectivity index (χ0v) is 12.4. The Morgan fingerprint density at radius 3 is 2.25 bits per heavy atom. The van der Waals surface area contributed by atoms with Gasteiger partial charge in [-0.05, 0) is 30.5 Å². The first-order valence-corrected chi connectivity index (χ1v) is 7.31. The van der Waals surface area contributed by atoms with Crippen LogP contribution in [0.2, 0.25) is 0 Å². The number of benzene rings is 1. The van der Waals surface area contributed by atoms with Gasteiger partial charge in [0.15, 0.2) is 0 Å². The van der Waals surface area contributed by atoms with Crippen LogP contribution in [0.25, 0.3) is 0 Å². The average molecular weight is 287 g/mol. The molecule has 0 amide bonds. The van der Waals surface area contributed by atoms with Gasteiger partial charge < -0.3 is 5.32 Å². The molecule has 0 radical (unpaired) electrons. The van der Waals surface area contributed by atoms with Crippen molar-refractivity contribution in [2.24, 2.45) is 5.92 Å². The molecule has 0 spiro atoms. The van der Waals surface area contributed by atoms with Crippen LogP contribution in [0.5, 0.6) is 0 Å². The minimum atomic E-state index is -4.27. The van der Waals surface area contributed by atoms with Crippen molar-refractivity contribution < 1.29 is 13.2 Å². The number of rotatable bonds is 7. The van der Waals surface area contributed by atoms with E-state index in [0.29, 0.717) is 12.3 Å². The molecule has 0 fully saturated rings. The first-order chi connectivity index (χ1) is 9.42. The molecule has 20 heavy (non-hydrogen) atoms. The predicted octanol–water partition coefficient (Wildman–Crippen LogP) is 4.66. The fourth-order valence-electron chi connectivity index (χ4n) is 2.65. The number of halogens is 3. The number of likely N-dealkylation sites (N-methyl/N-ethyl adjacent to an activating group) is 1. The Bertz CT molecular complexity index is 397. The summed E-state index contributed by atoms with van der Waals surface area (Å²) in [7, 11) is 0. The zero-order chi connectivity index (χ0) is 15.2. The van der Waals surface area contributed by atoms with Gasteiger partial charge in [0.1, 0.15) is 0 Å². The maximum Gasteiger partial charge on any atom is 0.416 e. The minimum Gasteiger partial charge on any atom is -0.314 e. The van der Waals surface area contributed by atoms with Gasteiger partial charge in [0.2, 0.25) is 0 Å². The number of alkyl halides is 3. The quantitative estimate of drug-likeness (QED) is 0.769. The second-order valence-corrected chi connectivity index (χ2v) is 5.14. The Balaban J connectivity index is 2.88. The van der Waals surface area contributed by atoms with Crippen molar-refractivity contribution >= 4 is 0 Å². The molecule has 1 unspecified atom stereocenters. The maximum atomic E-state index is 12.7. The van der Waals surface area contributed by atoms with Crippen LogP contribution in [0.4, 0.5) is 13.2 Å². The number of nitrogens with one attached hydrogen (secondary N) is 1. The summed E-state index contributed by atoms with van der Waals surface area (Å²) in [6.07, 6.45) is -1.55. The molecule has 0 aliphatic carbocycles. The fraction of sp³-hybridized carbons (Fsp3) is 0.625. The zero-order valence-electron chi connectivity index (χ0n) is 12.4. The first-order valence-electron chi connectivity index (χ1n) is 7.31. The van der Waals surface area contributed by atoms with E-state index in [1.54, 1.807) is 6.07 Å². The Kier molecular flexibility index (Phi) is 6.53. The van der Waals surface area contributed by atoms with Gasteiger partial charge in [-0.2, -0.15) is 13.2 Å². The Labute approximate surface area is 119 Å². The summed E-state index contributed by atoms with van der Waals surface area (Å²) < 4.78 is 38.2. The van der Waals surface area contributed by atoms with Crippen molar-refractivity contribution in [2.75, 3.05) is 6.54 Å². The molecule has 114 valence electrons. The van der Waals surface area contributed by atoms with Crippen LogP contribution in [0.1, 0.15) is 44.7 Å². The van der Waals surface area contributed by atoms with E-state index in [2.05, 4.69) is 19.2 Å². The van der Waals surface area contributed by atoms with Gasteiger partial charge in [-0.15, -0.1) is 0 Å². The van der Waals surface area contributed by atoms with Crippen LogP contribution in [0, 0.1) is 5.92 Å². The molecule has 0 aromatic heterocycles. The average Bonchev–Trinajstić information content (AvgIpc) is 2.39. The molecule has 4 heteroatoms. The van der Waals surface area contributed by atoms with Crippen LogP contribution in [0.3, 0.4) is 0 Å². The Hall–Kier alpha value is -1.03. The topological polar surface area (TPSA) is 12.0 Å². The molecular formula is C16H24F3N. The Morgan fingerprint density at radius 1 is 1.10 bits per heavy atom. The van der Waals surface area contributed by atoms with Crippen molar-refractivity contribution in [1.82, 2.24) is 5.32 Å². The maximum absolute atomic E-state index is 12.7. The van der Waals surface area contributed by atoms with Gasteiger partial charge in [0.25, 0.3) is 0 Å². The molecular weight excluding hydrogens is 263 g/mol. The molecule has 1 nitrogen and oxygen atoms in total. The van der Waals surface area contributed by atoms with Crippen LogP contribution in [-0.4, -0.2) is 12.6 Å². The molecule has 0 saturated carbocycles. The molecule has 0 aliphatic heterocycles. The van der Waals surface area contributed by atoms with Crippen LogP contribution < -0.4 is 5.32 Å². The van der Waals surface area contributed by atoms with E-state index >= 15 is 0 Å². The molecule has 0 bridgehead atoms. The van der Waals surface area contributed by atoms with Crippen molar-refractivity contribution in [2.45, 2.75) is 52.3 Å². The smallest absolute Gasteiger partial charge is 0.314 e. The molecule has 0 aliphatic rings. The molecule has 1 atom stereocenters. The summed E-state index contributed by atoms with van der Waals surface area (Å²) in [5.74, 6) is 0.490. The van der Waals surface area contributed by atoms with E-state index in [4.69, 9.17) is 0 Å². The lowest BCUT2D eigenvalue weighted by molar-refractivity contribution is -0.137. The van der Waals surface area contributed by atoms with Crippen LogP contribution in [-0.2, 0) is 12.6 Å². The van der Waals surface area contributed by atoms with Gasteiger partial charge in [-0.1, -0.05) is 51.8 Å². The van der Waals surface area contributed by atoms with Gasteiger partial charge in [-0.3, -0.25) is 0 Å². The molecule has 1 rings (SSSR count). The summed E-state index contributed by atoms with van der Waals surface area (Å²) in [5.41, 5.74) is 0.187. The third-order valence-electron chi connectivity index (χ3n) is 3.79. The van der Waals surface area contributed by atoms with Gasteiger partial charge in [-0.25, -0.2) is 0 Å². The van der Waals surface area contributed by atoms with E-state index in [0.717, 1.165) is 31.0 Å². The van der Waals surface area contributed by atoms with E-state index in [9.17, 15) is 13.2 Å². The van der Waals surface area contributed by atoms with Crippen molar-refractivity contribution in [1.29, 1.82) is 0 Å². The summed E-state index contributed by atoms with van der Waals surface area (Å²) in [4.78, 5) is 0. The third-order valence-corrected chi connectivity index (χ3v) is 3.79. The molecule has 0 saturated heterocycles. The SMILES string of the molecule is CCNC(Cc1cccc(C(F)(F)F)c1)C(CC)CC. The van der Waals surface area contributed by atoms with E-state index in [1.807, 2.05) is 6.92 Å². The van der Waals surface area contributed by atoms with Crippen molar-refractivity contribution in [3.8, 4) is 0 Å². The second-order valence-electron chi connectivity index (χ2n) is 5.14. The lowest BCUT2D eigenvalue weighted by Crippen LogP contribution is -2.37. The van der Waals surface area contributed by atoms with Crippen molar-refractivity contribution in [3.63, 3.8) is 0 Å². The first kappa shape index (κ1) is 17.0. The lowest BCUT2D eigenvalue weighted by atomic mass is 9.89. The normalized spacial score (nSPS) is 13.8. The van der Waals surface area contributed by atoms with Crippen molar-refractivity contribution in [3.05, 3.63) is 35.4 Å². The molecule has 1 aromatic carbocycles. The van der Waals surface area contributed by atoms with Crippen LogP contribution in [0.15, 0.2) is 24.3 Å². The lowest BCUT2D eigenvalue weighted by Gasteiger charge is -2.26. The highest BCUT2D eigenvalue weighted by Crippen LogP contribution is 2.30. The fourth-order valence-corrected chi connectivity index (χ4v) is 2.65. The Morgan fingerprint density at radius 2 is 1.75 bits per heavy atom. The van der Waals surface area contributed by atoms with E-state index in [1.165, 1.54) is 12.1 Å². The highest BCUT2D eigenvalue weighted by atomic mass is 19.4. The third kappa shape index (κ3) is 4.82. The molecule has 0 heterocycles. The standard InChI is InChI=1S/C16H24F3N/c1-4-13(5-2)15(20-6-3)11-12-8-7-9-14(10-12)16(17,18)19/h7-10,13,15,20H,4-6,11H2,1-3H3. The van der Waals surface area contributed by atoms with Gasteiger partial charge in [0, 0.05) is 6.04 Å². The van der Waals surface area contributed by atoms with Gasteiger partial charge in [0.05, 0.1) is 5.56 Å². The highest BCUT2D eigenvalue weighted by molar-refractivity contribution is 5.26. The summed E-state index contributed by atoms with van der Waals surface area (Å²) >= 11 is 0. The minimum absolute atomic E-state index is 0.235. The molecule has 1 N–H and O–H groups in total. The van der Waals surface area contributed by atoms with E-state index < -0.39 is 11.7 Å². The summed E-state index contributed by atoms with van der Waals surface area (Å²) in [6.45, 7) is 7.12.